The molecule has 0 aliphatic rings. The van der Waals surface area contributed by atoms with Crippen molar-refractivity contribution >= 4 is 8.56 Å². The molecular formula is C16H37NO3Si. The Kier molecular flexibility index (Phi) is 12.6. The lowest BCUT2D eigenvalue weighted by Crippen LogP contribution is -2.49. The monoisotopic (exact) mass is 319 g/mol. The van der Waals surface area contributed by atoms with Crippen LogP contribution in [-0.4, -0.2) is 57.5 Å². The molecule has 0 saturated heterocycles. The smallest absolute Gasteiger partial charge is 0.336 e. The van der Waals surface area contributed by atoms with E-state index in [2.05, 4.69) is 25.3 Å². The van der Waals surface area contributed by atoms with Crippen LogP contribution in [0, 0.1) is 0 Å². The molecule has 1 atom stereocenters. The van der Waals surface area contributed by atoms with Crippen LogP contribution < -0.4 is 0 Å². The first-order valence-electron chi connectivity index (χ1n) is 8.69. The molecule has 4 nitrogen and oxygen atoms in total. The zero-order valence-corrected chi connectivity index (χ0v) is 15.9. The molecule has 5 heteroatoms. The number of unbranched alkanes of at least 4 members (excludes halogenated alkanes) is 2. The van der Waals surface area contributed by atoms with Crippen molar-refractivity contribution in [3.63, 3.8) is 0 Å². The molecule has 0 amide bonds. The summed E-state index contributed by atoms with van der Waals surface area (Å²) in [4.78, 5) is 2.44. The predicted octanol–water partition coefficient (Wildman–Crippen LogP) is 3.39. The lowest BCUT2D eigenvalue weighted by molar-refractivity contribution is 0.112. The number of hydrogen-bond acceptors (Lipinski definition) is 4. The van der Waals surface area contributed by atoms with E-state index in [4.69, 9.17) is 8.85 Å². The topological polar surface area (TPSA) is 41.9 Å². The van der Waals surface area contributed by atoms with Gasteiger partial charge in [-0.05, 0) is 46.3 Å². The number of aliphatic hydroxyl groups is 1. The summed E-state index contributed by atoms with van der Waals surface area (Å²) in [5.41, 5.74) is 0. The predicted molar refractivity (Wildman–Crippen MR) is 91.9 cm³/mol. The zero-order chi connectivity index (χ0) is 16.1. The van der Waals surface area contributed by atoms with Crippen LogP contribution in [0.25, 0.3) is 0 Å². The fourth-order valence-electron chi connectivity index (χ4n) is 2.71. The van der Waals surface area contributed by atoms with Crippen molar-refractivity contribution in [2.24, 2.45) is 0 Å². The van der Waals surface area contributed by atoms with Gasteiger partial charge >= 0.3 is 8.56 Å². The van der Waals surface area contributed by atoms with Gasteiger partial charge in [0.2, 0.25) is 0 Å². The van der Waals surface area contributed by atoms with Crippen molar-refractivity contribution in [2.45, 2.75) is 72.0 Å². The summed E-state index contributed by atoms with van der Waals surface area (Å²) in [7, 11) is -2.18. The van der Waals surface area contributed by atoms with E-state index in [-0.39, 0.29) is 12.6 Å². The molecule has 0 aromatic heterocycles. The highest BCUT2D eigenvalue weighted by Crippen LogP contribution is 2.20. The average Bonchev–Trinajstić information content (AvgIpc) is 2.46. The Morgan fingerprint density at radius 1 is 0.952 bits per heavy atom. The van der Waals surface area contributed by atoms with E-state index in [9.17, 15) is 5.11 Å². The standard InChI is InChI=1S/C16H37NO3Si/c1-6-10-12-17(13-11-7-2)16(14-18)15-21(5,19-8-3)20-9-4/h16,18H,6-15H2,1-5H3. The molecule has 0 saturated carbocycles. The third-order valence-corrected chi connectivity index (χ3v) is 6.84. The second-order valence-corrected chi connectivity index (χ2v) is 9.04. The molecule has 1 N–H and O–H groups in total. The Morgan fingerprint density at radius 3 is 1.76 bits per heavy atom. The van der Waals surface area contributed by atoms with Crippen molar-refractivity contribution in [3.8, 4) is 0 Å². The maximum absolute atomic E-state index is 9.86. The molecule has 0 rings (SSSR count). The fourth-order valence-corrected chi connectivity index (χ4v) is 5.49. The third-order valence-electron chi connectivity index (χ3n) is 3.83. The molecule has 0 spiro atoms. The molecule has 1 unspecified atom stereocenters. The summed E-state index contributed by atoms with van der Waals surface area (Å²) >= 11 is 0. The van der Waals surface area contributed by atoms with Gasteiger partial charge in [0.25, 0.3) is 0 Å². The molecule has 0 aliphatic heterocycles. The van der Waals surface area contributed by atoms with Crippen LogP contribution in [-0.2, 0) is 8.85 Å². The number of aliphatic hydroxyl groups excluding tert-OH is 1. The Morgan fingerprint density at radius 2 is 1.43 bits per heavy atom. The average molecular weight is 320 g/mol. The lowest BCUT2D eigenvalue weighted by atomic mass is 10.2. The van der Waals surface area contributed by atoms with Gasteiger partial charge in [-0.25, -0.2) is 0 Å². The first-order valence-corrected chi connectivity index (χ1v) is 11.2. The van der Waals surface area contributed by atoms with E-state index in [0.29, 0.717) is 13.2 Å². The maximum atomic E-state index is 9.86. The van der Waals surface area contributed by atoms with E-state index >= 15 is 0 Å². The van der Waals surface area contributed by atoms with E-state index in [0.717, 1.165) is 19.1 Å². The molecule has 0 bridgehead atoms. The highest BCUT2D eigenvalue weighted by Gasteiger charge is 2.35. The Bertz CT molecular complexity index is 228. The minimum absolute atomic E-state index is 0.165. The van der Waals surface area contributed by atoms with E-state index in [1.54, 1.807) is 0 Å². The van der Waals surface area contributed by atoms with Crippen molar-refractivity contribution in [3.05, 3.63) is 0 Å². The molecule has 21 heavy (non-hydrogen) atoms. The minimum Gasteiger partial charge on any atom is -0.395 e. The van der Waals surface area contributed by atoms with Gasteiger partial charge in [0.05, 0.1) is 6.61 Å². The van der Waals surface area contributed by atoms with Gasteiger partial charge in [-0.1, -0.05) is 26.7 Å². The molecule has 0 aliphatic carbocycles. The lowest BCUT2D eigenvalue weighted by Gasteiger charge is -2.36. The highest BCUT2D eigenvalue weighted by molar-refractivity contribution is 6.66. The van der Waals surface area contributed by atoms with Crippen LogP contribution in [0.2, 0.25) is 12.6 Å². The van der Waals surface area contributed by atoms with Gasteiger partial charge in [-0.3, -0.25) is 4.90 Å². The van der Waals surface area contributed by atoms with Crippen molar-refractivity contribution in [1.29, 1.82) is 0 Å². The summed E-state index contributed by atoms with van der Waals surface area (Å²) in [6, 6.07) is 1.01. The summed E-state index contributed by atoms with van der Waals surface area (Å²) in [6.07, 6.45) is 4.74. The van der Waals surface area contributed by atoms with Crippen LogP contribution in [0.5, 0.6) is 0 Å². The summed E-state index contributed by atoms with van der Waals surface area (Å²) < 4.78 is 11.9. The van der Waals surface area contributed by atoms with Crippen LogP contribution in [0.4, 0.5) is 0 Å². The fraction of sp³-hybridized carbons (Fsp3) is 1.00. The van der Waals surface area contributed by atoms with Gasteiger partial charge < -0.3 is 14.0 Å². The molecule has 0 aromatic carbocycles. The van der Waals surface area contributed by atoms with E-state index < -0.39 is 8.56 Å². The first-order chi connectivity index (χ1) is 10.1. The SMILES string of the molecule is CCCCN(CCCC)C(CO)C[Si](C)(OCC)OCC. The normalized spacial score (nSPS) is 13.9. The Balaban J connectivity index is 4.76. The number of rotatable bonds is 14. The molecule has 0 fully saturated rings. The molecule has 0 aromatic rings. The van der Waals surface area contributed by atoms with Crippen molar-refractivity contribution < 1.29 is 14.0 Å². The third kappa shape index (κ3) is 8.93. The second-order valence-electron chi connectivity index (χ2n) is 5.78. The zero-order valence-electron chi connectivity index (χ0n) is 14.9. The molecule has 0 heterocycles. The van der Waals surface area contributed by atoms with Gasteiger partial charge in [0.15, 0.2) is 0 Å². The summed E-state index contributed by atoms with van der Waals surface area (Å²) in [5, 5.41) is 9.86. The van der Waals surface area contributed by atoms with E-state index in [1.807, 2.05) is 13.8 Å². The molecular weight excluding hydrogens is 282 g/mol. The highest BCUT2D eigenvalue weighted by atomic mass is 28.4. The Labute approximate surface area is 133 Å². The number of nitrogens with zero attached hydrogens (tertiary/aromatic N) is 1. The van der Waals surface area contributed by atoms with Gasteiger partial charge in [-0.15, -0.1) is 0 Å². The first kappa shape index (κ1) is 21.1. The quantitative estimate of drug-likeness (QED) is 0.498. The maximum Gasteiger partial charge on any atom is 0.336 e. The molecule has 0 radical (unpaired) electrons. The van der Waals surface area contributed by atoms with Crippen LogP contribution in [0.1, 0.15) is 53.4 Å². The van der Waals surface area contributed by atoms with Crippen LogP contribution >= 0.6 is 0 Å². The van der Waals surface area contributed by atoms with Crippen molar-refractivity contribution in [2.75, 3.05) is 32.9 Å². The van der Waals surface area contributed by atoms with Crippen molar-refractivity contribution in [1.82, 2.24) is 4.90 Å². The van der Waals surface area contributed by atoms with Crippen LogP contribution in [0.3, 0.4) is 0 Å². The number of hydrogen-bond donors (Lipinski definition) is 1. The van der Waals surface area contributed by atoms with Gasteiger partial charge in [0, 0.05) is 25.3 Å². The Hall–Kier alpha value is 0.0569. The second kappa shape index (κ2) is 12.6. The summed E-state index contributed by atoms with van der Waals surface area (Å²) in [5.74, 6) is 0. The van der Waals surface area contributed by atoms with Gasteiger partial charge in [0.1, 0.15) is 0 Å². The van der Waals surface area contributed by atoms with Gasteiger partial charge in [-0.2, -0.15) is 0 Å². The molecule has 128 valence electrons. The van der Waals surface area contributed by atoms with E-state index in [1.165, 1.54) is 25.7 Å². The minimum atomic E-state index is -2.18. The van der Waals surface area contributed by atoms with Crippen LogP contribution in [0.15, 0.2) is 0 Å². The largest absolute Gasteiger partial charge is 0.395 e. The summed E-state index contributed by atoms with van der Waals surface area (Å²) in [6.45, 7) is 14.3.